The minimum absolute atomic E-state index is 0.295. The third-order valence-corrected chi connectivity index (χ3v) is 6.76. The molecular formula is C7H16O2Si. The molecule has 0 amide bonds. The summed E-state index contributed by atoms with van der Waals surface area (Å²) in [7, 11) is -1.52. The topological polar surface area (TPSA) is 40.5 Å². The zero-order valence-corrected chi connectivity index (χ0v) is 7.34. The maximum absolute atomic E-state index is 9.04. The van der Waals surface area contributed by atoms with E-state index in [0.29, 0.717) is 12.5 Å². The Balaban J connectivity index is 2.44. The van der Waals surface area contributed by atoms with Crippen LogP contribution >= 0.6 is 0 Å². The first-order valence-electron chi connectivity index (χ1n) is 4.05. The molecule has 0 aliphatic carbocycles. The molecule has 3 heteroatoms. The molecule has 2 N–H and O–H groups in total. The Morgan fingerprint density at radius 2 is 1.40 bits per heavy atom. The van der Waals surface area contributed by atoms with Crippen molar-refractivity contribution in [2.75, 3.05) is 12.5 Å². The number of rotatable bonds is 2. The van der Waals surface area contributed by atoms with Gasteiger partial charge in [-0.05, 0) is 0 Å². The smallest absolute Gasteiger partial charge is 0.112 e. The average Bonchev–Trinajstić information content (AvgIpc) is 2.06. The van der Waals surface area contributed by atoms with Crippen molar-refractivity contribution in [2.45, 2.75) is 31.4 Å². The van der Waals surface area contributed by atoms with Crippen molar-refractivity contribution in [3.8, 4) is 0 Å². The van der Waals surface area contributed by atoms with Gasteiger partial charge in [0.2, 0.25) is 0 Å². The molecule has 0 radical (unpaired) electrons. The summed E-state index contributed by atoms with van der Waals surface area (Å²) in [6.07, 6.45) is 4.35. The fourth-order valence-corrected chi connectivity index (χ4v) is 4.65. The minimum atomic E-state index is -1.52. The molecule has 0 aromatic rings. The Hall–Kier alpha value is 0.137. The lowest BCUT2D eigenvalue weighted by molar-refractivity contribution is 0.314. The molecule has 0 unspecified atom stereocenters. The van der Waals surface area contributed by atoms with Gasteiger partial charge in [0.25, 0.3) is 0 Å². The molecule has 1 fully saturated rings. The van der Waals surface area contributed by atoms with Crippen molar-refractivity contribution >= 4 is 8.07 Å². The largest absolute Gasteiger partial charge is 0.400 e. The van der Waals surface area contributed by atoms with Gasteiger partial charge in [-0.3, -0.25) is 0 Å². The summed E-state index contributed by atoms with van der Waals surface area (Å²) in [5.74, 6) is 0. The molecule has 1 heterocycles. The number of hydrogen-bond acceptors (Lipinski definition) is 2. The number of hydrogen-bond donors (Lipinski definition) is 2. The lowest BCUT2D eigenvalue weighted by Gasteiger charge is -2.30. The fourth-order valence-electron chi connectivity index (χ4n) is 1.67. The summed E-state index contributed by atoms with van der Waals surface area (Å²) in [5, 5.41) is 18.1. The van der Waals surface area contributed by atoms with Gasteiger partial charge in [0.15, 0.2) is 0 Å². The molecule has 60 valence electrons. The SMILES string of the molecule is OC[Si]1(CO)CCCCC1. The highest BCUT2D eigenvalue weighted by atomic mass is 28.3. The van der Waals surface area contributed by atoms with E-state index in [2.05, 4.69) is 0 Å². The van der Waals surface area contributed by atoms with Gasteiger partial charge in [-0.2, -0.15) is 0 Å². The van der Waals surface area contributed by atoms with Gasteiger partial charge in [0.1, 0.15) is 8.07 Å². The second kappa shape index (κ2) is 3.51. The summed E-state index contributed by atoms with van der Waals surface area (Å²) in [4.78, 5) is 0. The molecule has 1 rings (SSSR count). The summed E-state index contributed by atoms with van der Waals surface area (Å²) in [5.41, 5.74) is 0. The summed E-state index contributed by atoms with van der Waals surface area (Å²) < 4.78 is 0. The highest BCUT2D eigenvalue weighted by Crippen LogP contribution is 2.27. The zero-order chi connectivity index (χ0) is 7.45. The molecule has 0 aromatic heterocycles. The second-order valence-corrected chi connectivity index (χ2v) is 8.01. The molecule has 1 aliphatic rings. The van der Waals surface area contributed by atoms with Crippen LogP contribution in [-0.2, 0) is 0 Å². The van der Waals surface area contributed by atoms with Gasteiger partial charge < -0.3 is 10.2 Å². The van der Waals surface area contributed by atoms with Crippen LogP contribution in [0.1, 0.15) is 19.3 Å². The van der Waals surface area contributed by atoms with Crippen molar-refractivity contribution in [1.82, 2.24) is 0 Å². The maximum atomic E-state index is 9.04. The van der Waals surface area contributed by atoms with Crippen molar-refractivity contribution in [3.05, 3.63) is 0 Å². The third kappa shape index (κ3) is 1.59. The molecule has 0 spiro atoms. The first-order valence-corrected chi connectivity index (χ1v) is 6.88. The van der Waals surface area contributed by atoms with Gasteiger partial charge in [0.05, 0.1) is 0 Å². The van der Waals surface area contributed by atoms with E-state index in [1.54, 1.807) is 0 Å². The lowest BCUT2D eigenvalue weighted by Crippen LogP contribution is -2.45. The quantitative estimate of drug-likeness (QED) is 0.583. The molecule has 1 saturated heterocycles. The highest BCUT2D eigenvalue weighted by molar-refractivity contribution is 6.79. The first kappa shape index (κ1) is 8.24. The van der Waals surface area contributed by atoms with Crippen LogP contribution in [0, 0.1) is 0 Å². The van der Waals surface area contributed by atoms with Crippen LogP contribution in [0.4, 0.5) is 0 Å². The van der Waals surface area contributed by atoms with Crippen molar-refractivity contribution in [3.63, 3.8) is 0 Å². The molecular weight excluding hydrogens is 144 g/mol. The molecule has 0 saturated carbocycles. The normalized spacial score (nSPS) is 24.6. The molecule has 2 nitrogen and oxygen atoms in total. The Labute approximate surface area is 62.9 Å². The summed E-state index contributed by atoms with van der Waals surface area (Å²) >= 11 is 0. The monoisotopic (exact) mass is 160 g/mol. The van der Waals surface area contributed by atoms with Gasteiger partial charge in [-0.25, -0.2) is 0 Å². The van der Waals surface area contributed by atoms with E-state index >= 15 is 0 Å². The summed E-state index contributed by atoms with van der Waals surface area (Å²) in [6, 6.07) is 2.28. The Bertz CT molecular complexity index is 93.8. The van der Waals surface area contributed by atoms with Gasteiger partial charge in [0, 0.05) is 12.5 Å². The second-order valence-electron chi connectivity index (χ2n) is 3.38. The van der Waals surface area contributed by atoms with E-state index in [-0.39, 0.29) is 0 Å². The van der Waals surface area contributed by atoms with Gasteiger partial charge in [-0.15, -0.1) is 0 Å². The Morgan fingerprint density at radius 1 is 0.900 bits per heavy atom. The van der Waals surface area contributed by atoms with Crippen molar-refractivity contribution < 1.29 is 10.2 Å². The van der Waals surface area contributed by atoms with Crippen LogP contribution in [0.5, 0.6) is 0 Å². The minimum Gasteiger partial charge on any atom is -0.400 e. The van der Waals surface area contributed by atoms with Gasteiger partial charge in [-0.1, -0.05) is 31.4 Å². The lowest BCUT2D eigenvalue weighted by atomic mass is 10.3. The molecule has 10 heavy (non-hydrogen) atoms. The zero-order valence-electron chi connectivity index (χ0n) is 6.34. The molecule has 0 bridgehead atoms. The maximum Gasteiger partial charge on any atom is 0.112 e. The van der Waals surface area contributed by atoms with E-state index in [9.17, 15) is 0 Å². The van der Waals surface area contributed by atoms with E-state index in [0.717, 1.165) is 12.1 Å². The molecule has 0 atom stereocenters. The molecule has 1 aliphatic heterocycles. The summed E-state index contributed by atoms with van der Waals surface area (Å²) in [6.45, 7) is 0. The number of aliphatic hydroxyl groups is 2. The third-order valence-electron chi connectivity index (χ3n) is 2.59. The van der Waals surface area contributed by atoms with E-state index in [1.165, 1.54) is 19.3 Å². The number of aliphatic hydroxyl groups excluding tert-OH is 2. The van der Waals surface area contributed by atoms with Crippen LogP contribution in [0.25, 0.3) is 0 Å². The Kier molecular flexibility index (Phi) is 2.89. The van der Waals surface area contributed by atoms with Crippen LogP contribution in [-0.4, -0.2) is 30.7 Å². The van der Waals surface area contributed by atoms with Crippen molar-refractivity contribution in [2.24, 2.45) is 0 Å². The van der Waals surface area contributed by atoms with Crippen molar-refractivity contribution in [1.29, 1.82) is 0 Å². The average molecular weight is 160 g/mol. The Morgan fingerprint density at radius 3 is 1.70 bits per heavy atom. The van der Waals surface area contributed by atoms with Gasteiger partial charge >= 0.3 is 0 Å². The first-order chi connectivity index (χ1) is 4.83. The molecule has 0 aromatic carbocycles. The standard InChI is InChI=1S/C7H16O2Si/c8-6-10(7-9)4-2-1-3-5-10/h8-9H,1-7H2. The predicted molar refractivity (Wildman–Crippen MR) is 43.4 cm³/mol. The van der Waals surface area contributed by atoms with E-state index < -0.39 is 8.07 Å². The van der Waals surface area contributed by atoms with Crippen LogP contribution in [0.2, 0.25) is 12.1 Å². The fraction of sp³-hybridized carbons (Fsp3) is 1.00. The van der Waals surface area contributed by atoms with Crippen LogP contribution in [0.3, 0.4) is 0 Å². The highest BCUT2D eigenvalue weighted by Gasteiger charge is 2.32. The predicted octanol–water partition coefficient (Wildman–Crippen LogP) is 0.682. The van der Waals surface area contributed by atoms with Crippen LogP contribution < -0.4 is 0 Å². The van der Waals surface area contributed by atoms with E-state index in [4.69, 9.17) is 10.2 Å². The van der Waals surface area contributed by atoms with Crippen LogP contribution in [0.15, 0.2) is 0 Å². The van der Waals surface area contributed by atoms with E-state index in [1.807, 2.05) is 0 Å².